The molecule has 0 aliphatic rings. The summed E-state index contributed by atoms with van der Waals surface area (Å²) in [6.45, 7) is 1.91. The Hall–Kier alpha value is -2.56. The van der Waals surface area contributed by atoms with E-state index in [2.05, 4.69) is 4.98 Å². The minimum Gasteiger partial charge on any atom is -0.478 e. The molecule has 0 fully saturated rings. The normalized spacial score (nSPS) is 10.9. The number of pyridine rings is 1. The molecule has 3 aromatic rings. The zero-order valence-corrected chi connectivity index (χ0v) is 9.62. The van der Waals surface area contributed by atoms with E-state index in [1.54, 1.807) is 30.7 Å². The van der Waals surface area contributed by atoms with Crippen LogP contribution in [-0.4, -0.2) is 20.5 Å². The van der Waals surface area contributed by atoms with Gasteiger partial charge < -0.3 is 13.9 Å². The lowest BCUT2D eigenvalue weighted by Gasteiger charge is -1.98. The summed E-state index contributed by atoms with van der Waals surface area (Å²) < 4.78 is 7.15. The van der Waals surface area contributed by atoms with Gasteiger partial charge in [-0.15, -0.1) is 0 Å². The molecule has 3 rings (SSSR count). The predicted molar refractivity (Wildman–Crippen MR) is 64.6 cm³/mol. The lowest BCUT2D eigenvalue weighted by atomic mass is 10.2. The van der Waals surface area contributed by atoms with E-state index in [4.69, 9.17) is 9.52 Å². The van der Waals surface area contributed by atoms with Gasteiger partial charge in [-0.1, -0.05) is 0 Å². The Labute approximate surface area is 102 Å². The summed E-state index contributed by atoms with van der Waals surface area (Å²) >= 11 is 0. The molecule has 0 saturated carbocycles. The van der Waals surface area contributed by atoms with Crippen LogP contribution in [0.2, 0.25) is 0 Å². The molecule has 0 unspecified atom stereocenters. The van der Waals surface area contributed by atoms with Gasteiger partial charge in [0, 0.05) is 6.20 Å². The van der Waals surface area contributed by atoms with E-state index in [9.17, 15) is 4.79 Å². The summed E-state index contributed by atoms with van der Waals surface area (Å²) in [5.41, 5.74) is 2.46. The Morgan fingerprint density at radius 3 is 2.94 bits per heavy atom. The zero-order chi connectivity index (χ0) is 12.7. The van der Waals surface area contributed by atoms with Crippen LogP contribution in [0.5, 0.6) is 0 Å². The molecular weight excluding hydrogens is 232 g/mol. The summed E-state index contributed by atoms with van der Waals surface area (Å²) in [6, 6.07) is 6.71. The maximum Gasteiger partial charge on any atom is 0.335 e. The second-order valence-electron chi connectivity index (χ2n) is 3.97. The average Bonchev–Trinajstić information content (AvgIpc) is 2.97. The molecule has 0 radical (unpaired) electrons. The first-order valence-electron chi connectivity index (χ1n) is 5.42. The second-order valence-corrected chi connectivity index (χ2v) is 3.97. The highest BCUT2D eigenvalue weighted by molar-refractivity contribution is 5.88. The van der Waals surface area contributed by atoms with Crippen molar-refractivity contribution in [3.8, 4) is 11.5 Å². The Kier molecular flexibility index (Phi) is 2.19. The zero-order valence-electron chi connectivity index (χ0n) is 9.62. The number of imidazole rings is 1. The third-order valence-electron chi connectivity index (χ3n) is 2.87. The molecule has 5 heteroatoms. The maximum atomic E-state index is 10.9. The van der Waals surface area contributed by atoms with Crippen molar-refractivity contribution in [1.29, 1.82) is 0 Å². The van der Waals surface area contributed by atoms with Crippen molar-refractivity contribution in [2.24, 2.45) is 0 Å². The second kappa shape index (κ2) is 3.73. The molecule has 3 heterocycles. The van der Waals surface area contributed by atoms with Crippen molar-refractivity contribution in [3.05, 3.63) is 48.0 Å². The number of hydrogen-bond acceptors (Lipinski definition) is 3. The van der Waals surface area contributed by atoms with Gasteiger partial charge in [0.2, 0.25) is 0 Å². The summed E-state index contributed by atoms with van der Waals surface area (Å²) in [6.07, 6.45) is 3.29. The molecule has 0 atom stereocenters. The van der Waals surface area contributed by atoms with Crippen molar-refractivity contribution < 1.29 is 14.3 Å². The Morgan fingerprint density at radius 1 is 1.44 bits per heavy atom. The number of aryl methyl sites for hydroxylation is 1. The Bertz CT molecular complexity index is 726. The maximum absolute atomic E-state index is 10.9. The fourth-order valence-corrected chi connectivity index (χ4v) is 1.95. The van der Waals surface area contributed by atoms with Crippen LogP contribution < -0.4 is 0 Å². The van der Waals surface area contributed by atoms with Crippen molar-refractivity contribution in [1.82, 2.24) is 9.38 Å². The van der Waals surface area contributed by atoms with E-state index >= 15 is 0 Å². The molecular formula is C13H10N2O3. The molecule has 0 aliphatic heterocycles. The SMILES string of the molecule is Cc1c(-c2ccco2)nc2cc(C(=O)O)ccn12. The van der Waals surface area contributed by atoms with E-state index in [0.29, 0.717) is 11.4 Å². The van der Waals surface area contributed by atoms with Gasteiger partial charge in [-0.05, 0) is 31.2 Å². The van der Waals surface area contributed by atoms with Crippen molar-refractivity contribution >= 4 is 11.6 Å². The van der Waals surface area contributed by atoms with Crippen LogP contribution >= 0.6 is 0 Å². The first-order valence-corrected chi connectivity index (χ1v) is 5.42. The van der Waals surface area contributed by atoms with E-state index in [0.717, 1.165) is 11.4 Å². The van der Waals surface area contributed by atoms with Gasteiger partial charge >= 0.3 is 5.97 Å². The topological polar surface area (TPSA) is 67.7 Å². The number of nitrogens with zero attached hydrogens (tertiary/aromatic N) is 2. The highest BCUT2D eigenvalue weighted by Gasteiger charge is 2.13. The monoisotopic (exact) mass is 242 g/mol. The minimum atomic E-state index is -0.960. The average molecular weight is 242 g/mol. The number of carboxylic acids is 1. The predicted octanol–water partition coefficient (Wildman–Crippen LogP) is 2.60. The molecule has 5 nitrogen and oxygen atoms in total. The summed E-state index contributed by atoms with van der Waals surface area (Å²) in [4.78, 5) is 15.3. The molecule has 0 bridgehead atoms. The number of aromatic carboxylic acids is 1. The van der Waals surface area contributed by atoms with Gasteiger partial charge in [-0.25, -0.2) is 9.78 Å². The molecule has 0 aliphatic carbocycles. The standard InChI is InChI=1S/C13H10N2O3/c1-8-12(10-3-2-6-18-10)14-11-7-9(13(16)17)4-5-15(8)11/h2-7H,1H3,(H,16,17). The van der Waals surface area contributed by atoms with Crippen LogP contribution in [0.15, 0.2) is 41.1 Å². The van der Waals surface area contributed by atoms with Crippen molar-refractivity contribution in [2.75, 3.05) is 0 Å². The van der Waals surface area contributed by atoms with Crippen LogP contribution in [0, 0.1) is 6.92 Å². The Balaban J connectivity index is 2.25. The molecule has 0 saturated heterocycles. The van der Waals surface area contributed by atoms with Crippen LogP contribution in [0.3, 0.4) is 0 Å². The van der Waals surface area contributed by atoms with E-state index in [1.165, 1.54) is 0 Å². The van der Waals surface area contributed by atoms with Crippen LogP contribution in [0.1, 0.15) is 16.1 Å². The number of fused-ring (bicyclic) bond motifs is 1. The number of furan rings is 1. The highest BCUT2D eigenvalue weighted by Crippen LogP contribution is 2.24. The third kappa shape index (κ3) is 1.48. The number of aromatic nitrogens is 2. The van der Waals surface area contributed by atoms with E-state index < -0.39 is 5.97 Å². The largest absolute Gasteiger partial charge is 0.478 e. The fourth-order valence-electron chi connectivity index (χ4n) is 1.95. The molecule has 0 aromatic carbocycles. The molecule has 18 heavy (non-hydrogen) atoms. The van der Waals surface area contributed by atoms with Crippen LogP contribution in [0.4, 0.5) is 0 Å². The number of hydrogen-bond donors (Lipinski definition) is 1. The summed E-state index contributed by atoms with van der Waals surface area (Å²) in [5.74, 6) is -0.286. The first kappa shape index (κ1) is 10.6. The highest BCUT2D eigenvalue weighted by atomic mass is 16.4. The number of carboxylic acid groups (broad SMARTS) is 1. The summed E-state index contributed by atoms with van der Waals surface area (Å²) in [5, 5.41) is 8.95. The first-order chi connectivity index (χ1) is 8.66. The molecule has 0 amide bonds. The number of rotatable bonds is 2. The van der Waals surface area contributed by atoms with Crippen molar-refractivity contribution in [3.63, 3.8) is 0 Å². The molecule has 3 aromatic heterocycles. The third-order valence-corrected chi connectivity index (χ3v) is 2.87. The van der Waals surface area contributed by atoms with Gasteiger partial charge in [0.1, 0.15) is 11.3 Å². The molecule has 0 spiro atoms. The van der Waals surface area contributed by atoms with E-state index in [-0.39, 0.29) is 5.56 Å². The van der Waals surface area contributed by atoms with Crippen molar-refractivity contribution in [2.45, 2.75) is 6.92 Å². The van der Waals surface area contributed by atoms with Crippen LogP contribution in [0.25, 0.3) is 17.1 Å². The lowest BCUT2D eigenvalue weighted by molar-refractivity contribution is 0.0697. The fraction of sp³-hybridized carbons (Fsp3) is 0.0769. The van der Waals surface area contributed by atoms with Gasteiger partial charge in [-0.2, -0.15) is 0 Å². The van der Waals surface area contributed by atoms with Crippen LogP contribution in [-0.2, 0) is 0 Å². The summed E-state index contributed by atoms with van der Waals surface area (Å²) in [7, 11) is 0. The Morgan fingerprint density at radius 2 is 2.28 bits per heavy atom. The minimum absolute atomic E-state index is 0.221. The number of carbonyl (C=O) groups is 1. The van der Waals surface area contributed by atoms with Gasteiger partial charge in [0.05, 0.1) is 17.5 Å². The molecule has 1 N–H and O–H groups in total. The van der Waals surface area contributed by atoms with Gasteiger partial charge in [0.25, 0.3) is 0 Å². The quantitative estimate of drug-likeness (QED) is 0.750. The van der Waals surface area contributed by atoms with E-state index in [1.807, 2.05) is 17.4 Å². The lowest BCUT2D eigenvalue weighted by Crippen LogP contribution is -1.97. The molecule has 90 valence electrons. The van der Waals surface area contributed by atoms with Gasteiger partial charge in [-0.3, -0.25) is 0 Å². The van der Waals surface area contributed by atoms with Gasteiger partial charge in [0.15, 0.2) is 5.76 Å². The smallest absolute Gasteiger partial charge is 0.335 e.